The largest absolute Gasteiger partial charge is 0.369 e. The first kappa shape index (κ1) is 12.9. The Bertz CT molecular complexity index is 214. The SMILES string of the molecule is CCCC(NN)C1CC(C)(C)OC1(C)C. The Hall–Kier alpha value is -0.120. The Labute approximate surface area is 93.7 Å². The summed E-state index contributed by atoms with van der Waals surface area (Å²) in [7, 11) is 0. The molecule has 0 aromatic heterocycles. The van der Waals surface area contributed by atoms with E-state index in [1.165, 1.54) is 0 Å². The number of rotatable bonds is 4. The van der Waals surface area contributed by atoms with Gasteiger partial charge in [-0.2, -0.15) is 0 Å². The Balaban J connectivity index is 2.75. The molecular weight excluding hydrogens is 188 g/mol. The smallest absolute Gasteiger partial charge is 0.0678 e. The predicted molar refractivity (Wildman–Crippen MR) is 63.4 cm³/mol. The molecule has 90 valence electrons. The summed E-state index contributed by atoms with van der Waals surface area (Å²) < 4.78 is 6.08. The Morgan fingerprint density at radius 3 is 2.33 bits per heavy atom. The van der Waals surface area contributed by atoms with Crippen LogP contribution in [0.1, 0.15) is 53.9 Å². The third kappa shape index (κ3) is 2.92. The highest BCUT2D eigenvalue weighted by Crippen LogP contribution is 2.44. The Morgan fingerprint density at radius 2 is 2.00 bits per heavy atom. The van der Waals surface area contributed by atoms with Crippen molar-refractivity contribution < 1.29 is 4.74 Å². The average molecular weight is 214 g/mol. The molecule has 0 aromatic rings. The maximum atomic E-state index is 6.08. The van der Waals surface area contributed by atoms with E-state index >= 15 is 0 Å². The van der Waals surface area contributed by atoms with E-state index in [-0.39, 0.29) is 11.2 Å². The third-order valence-electron chi connectivity index (χ3n) is 3.44. The standard InChI is InChI=1S/C12H26N2O/c1-6-7-10(14-13)9-8-11(2,3)15-12(9,4)5/h9-10,14H,6-8,13H2,1-5H3. The second kappa shape index (κ2) is 4.40. The minimum atomic E-state index is -0.0737. The zero-order chi connectivity index (χ0) is 11.7. The topological polar surface area (TPSA) is 47.3 Å². The van der Waals surface area contributed by atoms with E-state index in [1.54, 1.807) is 0 Å². The maximum Gasteiger partial charge on any atom is 0.0678 e. The van der Waals surface area contributed by atoms with Gasteiger partial charge < -0.3 is 4.74 Å². The van der Waals surface area contributed by atoms with Gasteiger partial charge >= 0.3 is 0 Å². The quantitative estimate of drug-likeness (QED) is 0.557. The van der Waals surface area contributed by atoms with Crippen LogP contribution in [0.2, 0.25) is 0 Å². The van der Waals surface area contributed by atoms with Crippen LogP contribution in [0.25, 0.3) is 0 Å². The van der Waals surface area contributed by atoms with Gasteiger partial charge in [0.05, 0.1) is 11.2 Å². The fraction of sp³-hybridized carbons (Fsp3) is 1.00. The second-order valence-electron chi connectivity index (χ2n) is 5.84. The first-order valence-electron chi connectivity index (χ1n) is 5.98. The molecule has 3 heteroatoms. The number of hydrogen-bond acceptors (Lipinski definition) is 3. The lowest BCUT2D eigenvalue weighted by Gasteiger charge is -2.32. The lowest BCUT2D eigenvalue weighted by Crippen LogP contribution is -2.47. The van der Waals surface area contributed by atoms with Gasteiger partial charge in [0, 0.05) is 12.0 Å². The fourth-order valence-electron chi connectivity index (χ4n) is 2.94. The molecule has 1 aliphatic heterocycles. The molecule has 3 N–H and O–H groups in total. The van der Waals surface area contributed by atoms with Gasteiger partial charge in [0.25, 0.3) is 0 Å². The highest BCUT2D eigenvalue weighted by Gasteiger charge is 2.48. The minimum Gasteiger partial charge on any atom is -0.369 e. The summed E-state index contributed by atoms with van der Waals surface area (Å²) in [5.41, 5.74) is 2.87. The first-order chi connectivity index (χ1) is 6.82. The van der Waals surface area contributed by atoms with Crippen molar-refractivity contribution in [3.63, 3.8) is 0 Å². The van der Waals surface area contributed by atoms with Crippen molar-refractivity contribution in [2.24, 2.45) is 11.8 Å². The minimum absolute atomic E-state index is 0.0169. The third-order valence-corrected chi connectivity index (χ3v) is 3.44. The van der Waals surface area contributed by atoms with E-state index in [9.17, 15) is 0 Å². The van der Waals surface area contributed by atoms with Crippen molar-refractivity contribution in [3.05, 3.63) is 0 Å². The van der Waals surface area contributed by atoms with E-state index < -0.39 is 0 Å². The number of ether oxygens (including phenoxy) is 1. The molecule has 2 unspecified atom stereocenters. The van der Waals surface area contributed by atoms with Crippen LogP contribution in [-0.2, 0) is 4.74 Å². The van der Waals surface area contributed by atoms with Gasteiger partial charge in [-0.25, -0.2) is 0 Å². The van der Waals surface area contributed by atoms with Gasteiger partial charge in [-0.3, -0.25) is 11.3 Å². The zero-order valence-corrected chi connectivity index (χ0v) is 10.8. The van der Waals surface area contributed by atoms with E-state index in [0.717, 1.165) is 19.3 Å². The highest BCUT2D eigenvalue weighted by molar-refractivity contribution is 4.98. The van der Waals surface area contributed by atoms with E-state index in [4.69, 9.17) is 10.6 Å². The lowest BCUT2D eigenvalue weighted by atomic mass is 9.80. The molecule has 3 nitrogen and oxygen atoms in total. The molecule has 0 aromatic carbocycles. The summed E-state index contributed by atoms with van der Waals surface area (Å²) in [5.74, 6) is 6.14. The maximum absolute atomic E-state index is 6.08. The average Bonchev–Trinajstić information content (AvgIpc) is 2.30. The van der Waals surface area contributed by atoms with Gasteiger partial charge in [-0.1, -0.05) is 13.3 Å². The van der Waals surface area contributed by atoms with Gasteiger partial charge in [0.15, 0.2) is 0 Å². The summed E-state index contributed by atoms with van der Waals surface area (Å²) in [5, 5.41) is 0. The molecule has 0 bridgehead atoms. The zero-order valence-electron chi connectivity index (χ0n) is 10.8. The number of hydrogen-bond donors (Lipinski definition) is 2. The molecule has 1 rings (SSSR count). The molecule has 1 saturated heterocycles. The molecule has 15 heavy (non-hydrogen) atoms. The summed E-state index contributed by atoms with van der Waals surface area (Å²) in [6.07, 6.45) is 3.35. The number of hydrazine groups is 1. The fourth-order valence-corrected chi connectivity index (χ4v) is 2.94. The van der Waals surface area contributed by atoms with E-state index in [2.05, 4.69) is 40.0 Å². The molecule has 0 aliphatic carbocycles. The summed E-state index contributed by atoms with van der Waals surface area (Å²) in [4.78, 5) is 0. The summed E-state index contributed by atoms with van der Waals surface area (Å²) in [6, 6.07) is 0.367. The van der Waals surface area contributed by atoms with Crippen molar-refractivity contribution >= 4 is 0 Å². The molecule has 0 saturated carbocycles. The second-order valence-corrected chi connectivity index (χ2v) is 5.84. The Morgan fingerprint density at radius 1 is 1.40 bits per heavy atom. The molecule has 1 fully saturated rings. The monoisotopic (exact) mass is 214 g/mol. The van der Waals surface area contributed by atoms with Crippen LogP contribution in [0, 0.1) is 5.92 Å². The predicted octanol–water partition coefficient (Wildman–Crippen LogP) is 2.21. The molecular formula is C12H26N2O. The molecule has 1 heterocycles. The van der Waals surface area contributed by atoms with Crippen molar-refractivity contribution in [2.45, 2.75) is 71.1 Å². The van der Waals surface area contributed by atoms with E-state index in [0.29, 0.717) is 12.0 Å². The molecule has 0 amide bonds. The van der Waals surface area contributed by atoms with Crippen LogP contribution in [-0.4, -0.2) is 17.2 Å². The molecule has 0 spiro atoms. The van der Waals surface area contributed by atoms with Gasteiger partial charge in [0.2, 0.25) is 0 Å². The highest BCUT2D eigenvalue weighted by atomic mass is 16.5. The van der Waals surface area contributed by atoms with Crippen LogP contribution in [0.4, 0.5) is 0 Å². The number of nitrogens with two attached hydrogens (primary N) is 1. The van der Waals surface area contributed by atoms with Crippen LogP contribution < -0.4 is 11.3 Å². The van der Waals surface area contributed by atoms with Crippen molar-refractivity contribution in [1.29, 1.82) is 0 Å². The van der Waals surface area contributed by atoms with Gasteiger partial charge in [-0.05, 0) is 40.5 Å². The lowest BCUT2D eigenvalue weighted by molar-refractivity contribution is -0.0779. The van der Waals surface area contributed by atoms with Crippen molar-refractivity contribution in [1.82, 2.24) is 5.43 Å². The number of nitrogens with one attached hydrogen (secondary N) is 1. The molecule has 1 aliphatic rings. The Kier molecular flexibility index (Phi) is 3.80. The van der Waals surface area contributed by atoms with Crippen molar-refractivity contribution in [3.8, 4) is 0 Å². The van der Waals surface area contributed by atoms with E-state index in [1.807, 2.05) is 0 Å². The van der Waals surface area contributed by atoms with Crippen LogP contribution in [0.5, 0.6) is 0 Å². The molecule has 0 radical (unpaired) electrons. The summed E-state index contributed by atoms with van der Waals surface area (Å²) >= 11 is 0. The first-order valence-corrected chi connectivity index (χ1v) is 5.98. The summed E-state index contributed by atoms with van der Waals surface area (Å²) in [6.45, 7) is 10.9. The van der Waals surface area contributed by atoms with Crippen molar-refractivity contribution in [2.75, 3.05) is 0 Å². The van der Waals surface area contributed by atoms with Gasteiger partial charge in [-0.15, -0.1) is 0 Å². The van der Waals surface area contributed by atoms with Gasteiger partial charge in [0.1, 0.15) is 0 Å². The van der Waals surface area contributed by atoms with Crippen LogP contribution >= 0.6 is 0 Å². The normalized spacial score (nSPS) is 30.4. The molecule has 2 atom stereocenters. The van der Waals surface area contributed by atoms with Crippen LogP contribution in [0.3, 0.4) is 0 Å². The van der Waals surface area contributed by atoms with Crippen LogP contribution in [0.15, 0.2) is 0 Å².